The highest BCUT2D eigenvalue weighted by molar-refractivity contribution is 5.68. The molecule has 0 saturated carbocycles. The molecule has 2 rings (SSSR count). The van der Waals surface area contributed by atoms with Gasteiger partial charge >= 0.3 is 0 Å². The lowest BCUT2D eigenvalue weighted by atomic mass is 10.0. The largest absolute Gasteiger partial charge is 0.388 e. The van der Waals surface area contributed by atoms with Crippen molar-refractivity contribution in [2.24, 2.45) is 0 Å². The Morgan fingerprint density at radius 3 is 2.84 bits per heavy atom. The van der Waals surface area contributed by atoms with Gasteiger partial charge in [-0.25, -0.2) is 9.50 Å². The van der Waals surface area contributed by atoms with Crippen molar-refractivity contribution < 1.29 is 5.11 Å². The smallest absolute Gasteiger partial charge is 0.152 e. The second kappa shape index (κ2) is 5.17. The predicted octanol–water partition coefficient (Wildman–Crippen LogP) is 2.43. The summed E-state index contributed by atoms with van der Waals surface area (Å²) in [6.07, 6.45) is 4.25. The number of fused-ring (bicyclic) bond motifs is 1. The first kappa shape index (κ1) is 13.8. The van der Waals surface area contributed by atoms with Gasteiger partial charge in [-0.1, -0.05) is 20.8 Å². The Morgan fingerprint density at radius 2 is 2.21 bits per heavy atom. The quantitative estimate of drug-likeness (QED) is 0.868. The second-order valence-corrected chi connectivity index (χ2v) is 5.53. The van der Waals surface area contributed by atoms with E-state index in [2.05, 4.69) is 29.2 Å². The third kappa shape index (κ3) is 3.04. The minimum atomic E-state index is -0.727. The number of rotatable bonds is 5. The van der Waals surface area contributed by atoms with Gasteiger partial charge in [-0.15, -0.1) is 0 Å². The fourth-order valence-corrected chi connectivity index (χ4v) is 1.76. The molecule has 1 atom stereocenters. The summed E-state index contributed by atoms with van der Waals surface area (Å²) in [5.74, 6) is 1.14. The molecular weight excluding hydrogens is 240 g/mol. The maximum absolute atomic E-state index is 10.0. The minimum absolute atomic E-state index is 0.381. The van der Waals surface area contributed by atoms with Crippen LogP contribution in [0.1, 0.15) is 45.7 Å². The molecule has 0 aromatic carbocycles. The van der Waals surface area contributed by atoms with E-state index in [9.17, 15) is 5.11 Å². The first-order valence-electron chi connectivity index (χ1n) is 6.73. The molecule has 5 nitrogen and oxygen atoms in total. The van der Waals surface area contributed by atoms with E-state index in [1.807, 2.05) is 30.6 Å². The molecule has 5 heteroatoms. The van der Waals surface area contributed by atoms with Crippen LogP contribution in [0.5, 0.6) is 0 Å². The standard InChI is InChI=1S/C14H22N4O/c1-5-14(4,19)9-16-13-12-8-11(10(2)3)17-18(12)7-6-15-13/h6-8,10,19H,5,9H2,1-4H3,(H,15,16). The van der Waals surface area contributed by atoms with Gasteiger partial charge in [0, 0.05) is 18.9 Å². The molecule has 19 heavy (non-hydrogen) atoms. The first-order chi connectivity index (χ1) is 8.93. The van der Waals surface area contributed by atoms with Gasteiger partial charge < -0.3 is 10.4 Å². The molecule has 2 N–H and O–H groups in total. The molecule has 0 aliphatic carbocycles. The Bertz CT molecular complexity index is 560. The van der Waals surface area contributed by atoms with Crippen molar-refractivity contribution in [2.75, 3.05) is 11.9 Å². The summed E-state index contributed by atoms with van der Waals surface area (Å²) >= 11 is 0. The van der Waals surface area contributed by atoms with Gasteiger partial charge in [-0.05, 0) is 25.3 Å². The lowest BCUT2D eigenvalue weighted by Crippen LogP contribution is -2.32. The second-order valence-electron chi connectivity index (χ2n) is 5.53. The summed E-state index contributed by atoms with van der Waals surface area (Å²) in [4.78, 5) is 4.33. The van der Waals surface area contributed by atoms with Crippen molar-refractivity contribution in [3.8, 4) is 0 Å². The van der Waals surface area contributed by atoms with Crippen LogP contribution in [0.2, 0.25) is 0 Å². The highest BCUT2D eigenvalue weighted by Gasteiger charge is 2.18. The van der Waals surface area contributed by atoms with Crippen LogP contribution in [0.25, 0.3) is 5.52 Å². The number of aliphatic hydroxyl groups is 1. The van der Waals surface area contributed by atoms with E-state index in [1.54, 1.807) is 6.20 Å². The molecule has 0 saturated heterocycles. The number of hydrogen-bond donors (Lipinski definition) is 2. The van der Waals surface area contributed by atoms with Crippen LogP contribution in [-0.2, 0) is 0 Å². The van der Waals surface area contributed by atoms with Crippen molar-refractivity contribution in [3.05, 3.63) is 24.2 Å². The average Bonchev–Trinajstić information content (AvgIpc) is 2.81. The molecule has 0 fully saturated rings. The van der Waals surface area contributed by atoms with Gasteiger partial charge in [0.15, 0.2) is 5.82 Å². The highest BCUT2D eigenvalue weighted by atomic mass is 16.3. The van der Waals surface area contributed by atoms with Crippen molar-refractivity contribution in [3.63, 3.8) is 0 Å². The molecule has 0 aliphatic heterocycles. The van der Waals surface area contributed by atoms with Gasteiger partial charge in [0.25, 0.3) is 0 Å². The van der Waals surface area contributed by atoms with E-state index in [0.29, 0.717) is 18.9 Å². The van der Waals surface area contributed by atoms with E-state index in [0.717, 1.165) is 17.0 Å². The van der Waals surface area contributed by atoms with Crippen LogP contribution >= 0.6 is 0 Å². The summed E-state index contributed by atoms with van der Waals surface area (Å²) in [5.41, 5.74) is 1.26. The molecule has 0 bridgehead atoms. The fourth-order valence-electron chi connectivity index (χ4n) is 1.76. The first-order valence-corrected chi connectivity index (χ1v) is 6.73. The van der Waals surface area contributed by atoms with E-state index < -0.39 is 5.60 Å². The number of anilines is 1. The molecule has 0 spiro atoms. The molecule has 2 aromatic rings. The summed E-state index contributed by atoms with van der Waals surface area (Å²) < 4.78 is 1.82. The Morgan fingerprint density at radius 1 is 1.47 bits per heavy atom. The summed E-state index contributed by atoms with van der Waals surface area (Å²) in [6, 6.07) is 2.04. The van der Waals surface area contributed by atoms with Crippen LogP contribution in [-0.4, -0.2) is 31.9 Å². The van der Waals surface area contributed by atoms with E-state index in [-0.39, 0.29) is 0 Å². The van der Waals surface area contributed by atoms with Crippen LogP contribution in [0, 0.1) is 0 Å². The molecule has 0 radical (unpaired) electrons. The van der Waals surface area contributed by atoms with Gasteiger partial charge in [0.05, 0.1) is 11.3 Å². The molecule has 2 heterocycles. The molecule has 2 aromatic heterocycles. The number of aromatic nitrogens is 3. The minimum Gasteiger partial charge on any atom is -0.388 e. The summed E-state index contributed by atoms with van der Waals surface area (Å²) in [6.45, 7) is 8.48. The Labute approximate surface area is 113 Å². The zero-order valence-corrected chi connectivity index (χ0v) is 12.0. The van der Waals surface area contributed by atoms with Gasteiger partial charge in [-0.2, -0.15) is 5.10 Å². The highest BCUT2D eigenvalue weighted by Crippen LogP contribution is 2.20. The topological polar surface area (TPSA) is 62.5 Å². The van der Waals surface area contributed by atoms with E-state index in [4.69, 9.17) is 0 Å². The Kier molecular flexibility index (Phi) is 3.75. The number of nitrogens with one attached hydrogen (secondary N) is 1. The SMILES string of the molecule is CCC(C)(O)CNc1nccn2nc(C(C)C)cc12. The average molecular weight is 262 g/mol. The van der Waals surface area contributed by atoms with Gasteiger partial charge in [0.2, 0.25) is 0 Å². The van der Waals surface area contributed by atoms with Crippen LogP contribution < -0.4 is 5.32 Å². The van der Waals surface area contributed by atoms with E-state index >= 15 is 0 Å². The molecular formula is C14H22N4O. The van der Waals surface area contributed by atoms with Crippen molar-refractivity contribution >= 4 is 11.3 Å². The summed E-state index contributed by atoms with van der Waals surface area (Å²) in [7, 11) is 0. The third-order valence-electron chi connectivity index (χ3n) is 3.40. The van der Waals surface area contributed by atoms with E-state index in [1.165, 1.54) is 0 Å². The van der Waals surface area contributed by atoms with Crippen molar-refractivity contribution in [2.45, 2.75) is 45.6 Å². The molecule has 104 valence electrons. The normalized spacial score (nSPS) is 14.8. The van der Waals surface area contributed by atoms with Crippen molar-refractivity contribution in [1.29, 1.82) is 0 Å². The lowest BCUT2D eigenvalue weighted by molar-refractivity contribution is 0.0697. The van der Waals surface area contributed by atoms with Gasteiger partial charge in [-0.3, -0.25) is 0 Å². The zero-order chi connectivity index (χ0) is 14.0. The third-order valence-corrected chi connectivity index (χ3v) is 3.40. The molecule has 0 amide bonds. The van der Waals surface area contributed by atoms with Crippen LogP contribution in [0.4, 0.5) is 5.82 Å². The number of nitrogens with zero attached hydrogens (tertiary/aromatic N) is 3. The van der Waals surface area contributed by atoms with Gasteiger partial charge in [0.1, 0.15) is 5.52 Å². The Balaban J connectivity index is 2.28. The summed E-state index contributed by atoms with van der Waals surface area (Å²) in [5, 5.41) is 17.8. The van der Waals surface area contributed by atoms with Crippen LogP contribution in [0.3, 0.4) is 0 Å². The maximum Gasteiger partial charge on any atom is 0.152 e. The predicted molar refractivity (Wildman–Crippen MR) is 76.5 cm³/mol. The molecule has 0 aliphatic rings. The van der Waals surface area contributed by atoms with Crippen LogP contribution in [0.15, 0.2) is 18.5 Å². The Hall–Kier alpha value is -1.62. The zero-order valence-electron chi connectivity index (χ0n) is 12.0. The molecule has 1 unspecified atom stereocenters. The monoisotopic (exact) mass is 262 g/mol. The number of hydrogen-bond acceptors (Lipinski definition) is 4. The fraction of sp³-hybridized carbons (Fsp3) is 0.571. The van der Waals surface area contributed by atoms with Crippen molar-refractivity contribution in [1.82, 2.24) is 14.6 Å². The lowest BCUT2D eigenvalue weighted by Gasteiger charge is -2.21. The maximum atomic E-state index is 10.0.